The van der Waals surface area contributed by atoms with Gasteiger partial charge in [0.25, 0.3) is 15.0 Å². The highest BCUT2D eigenvalue weighted by Gasteiger charge is 2.15. The van der Waals surface area contributed by atoms with Gasteiger partial charge in [-0.3, -0.25) is 9.78 Å². The predicted octanol–water partition coefficient (Wildman–Crippen LogP) is 3.22. The van der Waals surface area contributed by atoms with E-state index in [-0.39, 0.29) is 15.8 Å². The van der Waals surface area contributed by atoms with E-state index in [0.29, 0.717) is 11.3 Å². The van der Waals surface area contributed by atoms with E-state index in [1.54, 1.807) is 12.3 Å². The van der Waals surface area contributed by atoms with E-state index >= 15 is 0 Å². The second-order valence-corrected chi connectivity index (χ2v) is 7.23. The van der Waals surface area contributed by atoms with Crippen molar-refractivity contribution in [2.24, 2.45) is 0 Å². The molecule has 0 bridgehead atoms. The van der Waals surface area contributed by atoms with Crippen molar-refractivity contribution in [2.75, 3.05) is 5.32 Å². The van der Waals surface area contributed by atoms with Crippen LogP contribution in [-0.2, 0) is 9.05 Å². The van der Waals surface area contributed by atoms with Crippen LogP contribution in [0.25, 0.3) is 0 Å². The third-order valence-corrected chi connectivity index (χ3v) is 4.39. The molecule has 5 nitrogen and oxygen atoms in total. The molecule has 1 aromatic heterocycles. The molecule has 0 spiro atoms. The van der Waals surface area contributed by atoms with Crippen LogP contribution in [-0.4, -0.2) is 19.3 Å². The van der Waals surface area contributed by atoms with Crippen molar-refractivity contribution >= 4 is 42.9 Å². The third-order valence-electron chi connectivity index (χ3n) is 2.59. The number of aryl methyl sites for hydroxylation is 1. The molecule has 110 valence electrons. The number of benzene rings is 1. The highest BCUT2D eigenvalue weighted by atomic mass is 35.7. The SMILES string of the molecule is Cc1cncc(C(=O)Nc2ccc(S(=O)(=O)Cl)c(Cl)c2)c1. The molecule has 1 amide bonds. The van der Waals surface area contributed by atoms with Gasteiger partial charge in [0.05, 0.1) is 10.6 Å². The maximum Gasteiger partial charge on any atom is 0.262 e. The van der Waals surface area contributed by atoms with Crippen LogP contribution in [0.4, 0.5) is 5.69 Å². The minimum Gasteiger partial charge on any atom is -0.322 e. The Kier molecular flexibility index (Phi) is 4.51. The van der Waals surface area contributed by atoms with Crippen molar-refractivity contribution in [3.05, 3.63) is 52.8 Å². The van der Waals surface area contributed by atoms with E-state index in [2.05, 4.69) is 10.3 Å². The lowest BCUT2D eigenvalue weighted by atomic mass is 10.2. The van der Waals surface area contributed by atoms with E-state index in [4.69, 9.17) is 22.3 Å². The minimum absolute atomic E-state index is 0.0647. The summed E-state index contributed by atoms with van der Waals surface area (Å²) >= 11 is 5.84. The Bertz CT molecular complexity index is 807. The van der Waals surface area contributed by atoms with Gasteiger partial charge in [0.1, 0.15) is 4.90 Å². The zero-order valence-corrected chi connectivity index (χ0v) is 13.1. The lowest BCUT2D eigenvalue weighted by Gasteiger charge is -2.07. The van der Waals surface area contributed by atoms with E-state index in [0.717, 1.165) is 5.56 Å². The highest BCUT2D eigenvalue weighted by molar-refractivity contribution is 8.13. The average molecular weight is 345 g/mol. The number of nitrogens with zero attached hydrogens (tertiary/aromatic N) is 1. The number of hydrogen-bond donors (Lipinski definition) is 1. The maximum absolute atomic E-state index is 12.0. The summed E-state index contributed by atoms with van der Waals surface area (Å²) in [6.45, 7) is 1.82. The molecule has 0 aliphatic carbocycles. The zero-order valence-electron chi connectivity index (χ0n) is 10.8. The van der Waals surface area contributed by atoms with Crippen molar-refractivity contribution in [1.82, 2.24) is 4.98 Å². The van der Waals surface area contributed by atoms with Gasteiger partial charge in [-0.05, 0) is 36.8 Å². The number of pyridine rings is 1. The standard InChI is InChI=1S/C13H10Cl2N2O3S/c1-8-4-9(7-16-6-8)13(18)17-10-2-3-12(11(14)5-10)21(15,19)20/h2-7H,1H3,(H,17,18). The number of amides is 1. The van der Waals surface area contributed by atoms with Crippen LogP contribution in [0, 0.1) is 6.92 Å². The molecule has 2 aromatic rings. The second-order valence-electron chi connectivity index (χ2n) is 4.29. The molecule has 0 fully saturated rings. The van der Waals surface area contributed by atoms with Crippen LogP contribution in [0.5, 0.6) is 0 Å². The fraction of sp³-hybridized carbons (Fsp3) is 0.0769. The lowest BCUT2D eigenvalue weighted by Crippen LogP contribution is -2.12. The number of carbonyl (C=O) groups is 1. The first-order chi connectivity index (χ1) is 9.77. The van der Waals surface area contributed by atoms with Crippen LogP contribution in [0.2, 0.25) is 5.02 Å². The summed E-state index contributed by atoms with van der Waals surface area (Å²) in [5, 5.41) is 2.54. The summed E-state index contributed by atoms with van der Waals surface area (Å²) in [4.78, 5) is 15.7. The van der Waals surface area contributed by atoms with Crippen molar-refractivity contribution in [3.63, 3.8) is 0 Å². The first kappa shape index (κ1) is 15.8. The van der Waals surface area contributed by atoms with E-state index in [9.17, 15) is 13.2 Å². The Morgan fingerprint density at radius 2 is 1.95 bits per heavy atom. The number of hydrogen-bond acceptors (Lipinski definition) is 4. The zero-order chi connectivity index (χ0) is 15.6. The number of rotatable bonds is 3. The van der Waals surface area contributed by atoms with Crippen LogP contribution in [0.15, 0.2) is 41.6 Å². The van der Waals surface area contributed by atoms with Gasteiger partial charge in [0.15, 0.2) is 0 Å². The molecule has 2 rings (SSSR count). The minimum atomic E-state index is -3.92. The van der Waals surface area contributed by atoms with Crippen LogP contribution in [0.3, 0.4) is 0 Å². The molecule has 1 heterocycles. The summed E-state index contributed by atoms with van der Waals surface area (Å²) in [6, 6.07) is 5.64. The topological polar surface area (TPSA) is 76.1 Å². The molecule has 0 atom stereocenters. The van der Waals surface area contributed by atoms with Gasteiger partial charge in [-0.2, -0.15) is 0 Å². The van der Waals surface area contributed by atoms with Gasteiger partial charge in [0, 0.05) is 28.8 Å². The van der Waals surface area contributed by atoms with Gasteiger partial charge in [-0.1, -0.05) is 11.6 Å². The second kappa shape index (κ2) is 6.01. The fourth-order valence-corrected chi connectivity index (χ4v) is 3.19. The monoisotopic (exact) mass is 344 g/mol. The molecule has 1 aromatic carbocycles. The van der Waals surface area contributed by atoms with Gasteiger partial charge >= 0.3 is 0 Å². The average Bonchev–Trinajstić information content (AvgIpc) is 2.37. The molecule has 0 unspecified atom stereocenters. The van der Waals surface area contributed by atoms with Crippen LogP contribution in [0.1, 0.15) is 15.9 Å². The lowest BCUT2D eigenvalue weighted by molar-refractivity contribution is 0.102. The number of carbonyl (C=O) groups excluding carboxylic acids is 1. The summed E-state index contributed by atoms with van der Waals surface area (Å²) in [7, 11) is 1.31. The smallest absolute Gasteiger partial charge is 0.262 e. The number of nitrogens with one attached hydrogen (secondary N) is 1. The Morgan fingerprint density at radius 3 is 2.52 bits per heavy atom. The first-order valence-corrected chi connectivity index (χ1v) is 8.43. The molecular formula is C13H10Cl2N2O3S. The Morgan fingerprint density at radius 1 is 1.24 bits per heavy atom. The molecule has 21 heavy (non-hydrogen) atoms. The molecule has 0 radical (unpaired) electrons. The summed E-state index contributed by atoms with van der Waals surface area (Å²) in [5.74, 6) is -0.372. The normalized spacial score (nSPS) is 11.2. The first-order valence-electron chi connectivity index (χ1n) is 5.74. The van der Waals surface area contributed by atoms with E-state index < -0.39 is 9.05 Å². The largest absolute Gasteiger partial charge is 0.322 e. The Labute approximate surface area is 131 Å². The third kappa shape index (κ3) is 3.93. The molecule has 0 aliphatic heterocycles. The van der Waals surface area contributed by atoms with Crippen molar-refractivity contribution in [1.29, 1.82) is 0 Å². The van der Waals surface area contributed by atoms with Gasteiger partial charge in [-0.15, -0.1) is 0 Å². The number of halogens is 2. The highest BCUT2D eigenvalue weighted by Crippen LogP contribution is 2.27. The number of aromatic nitrogens is 1. The van der Waals surface area contributed by atoms with Gasteiger partial charge in [0.2, 0.25) is 0 Å². The van der Waals surface area contributed by atoms with Crippen molar-refractivity contribution in [2.45, 2.75) is 11.8 Å². The van der Waals surface area contributed by atoms with Crippen molar-refractivity contribution < 1.29 is 13.2 Å². The summed E-state index contributed by atoms with van der Waals surface area (Å²) in [5.41, 5.74) is 1.60. The maximum atomic E-state index is 12.0. The molecule has 1 N–H and O–H groups in total. The molecule has 0 aliphatic rings. The fourth-order valence-electron chi connectivity index (χ4n) is 1.66. The molecular weight excluding hydrogens is 335 g/mol. The Hall–Kier alpha value is -1.63. The number of anilines is 1. The van der Waals surface area contributed by atoms with Crippen LogP contribution < -0.4 is 5.32 Å². The van der Waals surface area contributed by atoms with E-state index in [1.165, 1.54) is 24.4 Å². The van der Waals surface area contributed by atoms with Crippen LogP contribution >= 0.6 is 22.3 Å². The predicted molar refractivity (Wildman–Crippen MR) is 81.4 cm³/mol. The van der Waals surface area contributed by atoms with Gasteiger partial charge in [-0.25, -0.2) is 8.42 Å². The Balaban J connectivity index is 2.25. The van der Waals surface area contributed by atoms with Gasteiger partial charge < -0.3 is 5.32 Å². The quantitative estimate of drug-likeness (QED) is 0.867. The summed E-state index contributed by atoms with van der Waals surface area (Å²) in [6.07, 6.45) is 3.06. The summed E-state index contributed by atoms with van der Waals surface area (Å²) < 4.78 is 22.5. The van der Waals surface area contributed by atoms with E-state index in [1.807, 2.05) is 6.92 Å². The molecule has 8 heteroatoms. The van der Waals surface area contributed by atoms with Crippen molar-refractivity contribution in [3.8, 4) is 0 Å². The molecule has 0 saturated heterocycles. The molecule has 0 saturated carbocycles.